The minimum absolute atomic E-state index is 0.163. The zero-order chi connectivity index (χ0) is 18.1. The molecule has 1 aliphatic heterocycles. The molecule has 1 N–H and O–H groups in total. The average Bonchev–Trinajstić information content (AvgIpc) is 3.26. The smallest absolute Gasteiger partial charge is 0.338 e. The molecule has 6 heteroatoms. The van der Waals surface area contributed by atoms with Gasteiger partial charge in [0, 0.05) is 19.3 Å². The van der Waals surface area contributed by atoms with Gasteiger partial charge in [0.1, 0.15) is 0 Å². The van der Waals surface area contributed by atoms with Crippen LogP contribution in [0.2, 0.25) is 0 Å². The quantitative estimate of drug-likeness (QED) is 0.897. The Balaban J connectivity index is 1.37. The number of aromatic carboxylic acids is 1. The van der Waals surface area contributed by atoms with Crippen LogP contribution in [-0.4, -0.2) is 44.8 Å². The predicted molar refractivity (Wildman–Crippen MR) is 95.9 cm³/mol. The Bertz CT molecular complexity index is 803. The second-order valence-electron chi connectivity index (χ2n) is 7.48. The lowest BCUT2D eigenvalue weighted by atomic mass is 9.93. The third-order valence-corrected chi connectivity index (χ3v) is 5.67. The molecule has 136 valence electrons. The number of aromatic nitrogens is 2. The molecule has 0 spiro atoms. The van der Waals surface area contributed by atoms with Crippen LogP contribution in [0.3, 0.4) is 0 Å². The zero-order valence-electron chi connectivity index (χ0n) is 14.7. The topological polar surface area (TPSA) is 75.4 Å². The molecule has 1 saturated carbocycles. The monoisotopic (exact) mass is 353 g/mol. The molecule has 2 fully saturated rings. The minimum Gasteiger partial charge on any atom is -0.478 e. The number of carboxylic acid groups (broad SMARTS) is 1. The SMILES string of the molecule is O=C(O)c1cnn(C2CCN(C(=O)C3(Cc4ccccc4)CC3)CC2)c1. The highest BCUT2D eigenvalue weighted by Crippen LogP contribution is 2.50. The molecule has 1 saturated heterocycles. The third kappa shape index (κ3) is 3.23. The van der Waals surface area contributed by atoms with E-state index in [1.54, 1.807) is 10.9 Å². The molecule has 1 aromatic heterocycles. The molecule has 6 nitrogen and oxygen atoms in total. The van der Waals surface area contributed by atoms with Gasteiger partial charge >= 0.3 is 5.97 Å². The molecule has 1 aromatic carbocycles. The Kier molecular flexibility index (Phi) is 4.26. The summed E-state index contributed by atoms with van der Waals surface area (Å²) in [4.78, 5) is 26.0. The number of carboxylic acids is 1. The van der Waals surface area contributed by atoms with E-state index in [4.69, 9.17) is 5.11 Å². The van der Waals surface area contributed by atoms with Crippen LogP contribution >= 0.6 is 0 Å². The van der Waals surface area contributed by atoms with Crippen molar-refractivity contribution < 1.29 is 14.7 Å². The number of benzene rings is 1. The zero-order valence-corrected chi connectivity index (χ0v) is 14.7. The summed E-state index contributed by atoms with van der Waals surface area (Å²) < 4.78 is 1.74. The number of rotatable bonds is 5. The maximum Gasteiger partial charge on any atom is 0.338 e. The Morgan fingerprint density at radius 3 is 2.42 bits per heavy atom. The summed E-state index contributed by atoms with van der Waals surface area (Å²) in [5.41, 5.74) is 1.24. The molecule has 2 aliphatic rings. The molecule has 2 aromatic rings. The van der Waals surface area contributed by atoms with Gasteiger partial charge in [0.2, 0.25) is 5.91 Å². The van der Waals surface area contributed by atoms with Gasteiger partial charge in [-0.2, -0.15) is 5.10 Å². The average molecular weight is 353 g/mol. The summed E-state index contributed by atoms with van der Waals surface area (Å²) in [5, 5.41) is 13.2. The highest BCUT2D eigenvalue weighted by molar-refractivity contribution is 5.87. The standard InChI is InChI=1S/C20H23N3O3/c24-18(25)16-13-21-23(14-16)17-6-10-22(11-7-17)19(26)20(8-9-20)12-15-4-2-1-3-5-15/h1-5,13-14,17H,6-12H2,(H,24,25). The Morgan fingerprint density at radius 2 is 1.85 bits per heavy atom. The van der Waals surface area contributed by atoms with Gasteiger partial charge in [-0.1, -0.05) is 30.3 Å². The Morgan fingerprint density at radius 1 is 1.15 bits per heavy atom. The van der Waals surface area contributed by atoms with Crippen molar-refractivity contribution in [1.29, 1.82) is 0 Å². The highest BCUT2D eigenvalue weighted by atomic mass is 16.4. The van der Waals surface area contributed by atoms with Crippen LogP contribution in [0.1, 0.15) is 47.6 Å². The van der Waals surface area contributed by atoms with E-state index < -0.39 is 5.97 Å². The summed E-state index contributed by atoms with van der Waals surface area (Å²) in [6, 6.07) is 10.4. The van der Waals surface area contributed by atoms with Crippen LogP contribution < -0.4 is 0 Å². The summed E-state index contributed by atoms with van der Waals surface area (Å²) in [7, 11) is 0. The van der Waals surface area contributed by atoms with Gasteiger partial charge in [-0.3, -0.25) is 9.48 Å². The van der Waals surface area contributed by atoms with Crippen molar-refractivity contribution in [1.82, 2.24) is 14.7 Å². The first kappa shape index (κ1) is 16.8. The van der Waals surface area contributed by atoms with E-state index in [1.807, 2.05) is 23.1 Å². The van der Waals surface area contributed by atoms with Crippen LogP contribution in [0.15, 0.2) is 42.7 Å². The largest absolute Gasteiger partial charge is 0.478 e. The van der Waals surface area contributed by atoms with Crippen molar-refractivity contribution in [3.8, 4) is 0 Å². The molecule has 26 heavy (non-hydrogen) atoms. The Hall–Kier alpha value is -2.63. The maximum absolute atomic E-state index is 13.0. The molecule has 0 bridgehead atoms. The number of hydrogen-bond donors (Lipinski definition) is 1. The lowest BCUT2D eigenvalue weighted by Crippen LogP contribution is -2.43. The molecule has 0 radical (unpaired) electrons. The molecule has 0 atom stereocenters. The lowest BCUT2D eigenvalue weighted by Gasteiger charge is -2.34. The molecular weight excluding hydrogens is 330 g/mol. The summed E-state index contributed by atoms with van der Waals surface area (Å²) in [6.45, 7) is 1.42. The van der Waals surface area contributed by atoms with Crippen molar-refractivity contribution in [2.75, 3.05) is 13.1 Å². The number of nitrogens with zero attached hydrogens (tertiary/aromatic N) is 3. The van der Waals surface area contributed by atoms with Gasteiger partial charge in [0.15, 0.2) is 0 Å². The highest BCUT2D eigenvalue weighted by Gasteiger charge is 2.51. The molecule has 2 heterocycles. The fourth-order valence-corrected chi connectivity index (χ4v) is 3.92. The van der Waals surface area contributed by atoms with Crippen LogP contribution in [-0.2, 0) is 11.2 Å². The number of carbonyl (C=O) groups is 2. The second-order valence-corrected chi connectivity index (χ2v) is 7.48. The third-order valence-electron chi connectivity index (χ3n) is 5.67. The predicted octanol–water partition coefficient (Wildman–Crippen LogP) is 2.77. The van der Waals surface area contributed by atoms with Crippen molar-refractivity contribution >= 4 is 11.9 Å². The van der Waals surface area contributed by atoms with Gasteiger partial charge in [-0.15, -0.1) is 0 Å². The number of piperidine rings is 1. The maximum atomic E-state index is 13.0. The number of carbonyl (C=O) groups excluding carboxylic acids is 1. The molecule has 4 rings (SSSR count). The van der Waals surface area contributed by atoms with Gasteiger partial charge in [-0.25, -0.2) is 4.79 Å². The van der Waals surface area contributed by atoms with Crippen LogP contribution in [0.5, 0.6) is 0 Å². The minimum atomic E-state index is -0.958. The number of amides is 1. The van der Waals surface area contributed by atoms with E-state index in [0.29, 0.717) is 13.1 Å². The van der Waals surface area contributed by atoms with Gasteiger partial charge < -0.3 is 10.0 Å². The van der Waals surface area contributed by atoms with Crippen LogP contribution in [0.4, 0.5) is 0 Å². The van der Waals surface area contributed by atoms with E-state index in [9.17, 15) is 9.59 Å². The first-order chi connectivity index (χ1) is 12.6. The van der Waals surface area contributed by atoms with Crippen LogP contribution in [0, 0.1) is 5.41 Å². The molecule has 1 amide bonds. The van der Waals surface area contributed by atoms with E-state index in [2.05, 4.69) is 17.2 Å². The van der Waals surface area contributed by atoms with Gasteiger partial charge in [0.05, 0.1) is 23.2 Å². The van der Waals surface area contributed by atoms with Crippen LogP contribution in [0.25, 0.3) is 0 Å². The fraction of sp³-hybridized carbons (Fsp3) is 0.450. The van der Waals surface area contributed by atoms with E-state index in [-0.39, 0.29) is 22.9 Å². The summed E-state index contributed by atoms with van der Waals surface area (Å²) in [6.07, 6.45) is 7.38. The Labute approximate surface area is 152 Å². The summed E-state index contributed by atoms with van der Waals surface area (Å²) >= 11 is 0. The van der Waals surface area contributed by atoms with Gasteiger partial charge in [-0.05, 0) is 37.7 Å². The number of likely N-dealkylation sites (tertiary alicyclic amines) is 1. The second kappa shape index (κ2) is 6.59. The molecule has 0 unspecified atom stereocenters. The first-order valence-electron chi connectivity index (χ1n) is 9.18. The fourth-order valence-electron chi connectivity index (χ4n) is 3.92. The van der Waals surface area contributed by atoms with Crippen molar-refractivity contribution in [3.63, 3.8) is 0 Å². The van der Waals surface area contributed by atoms with E-state index in [1.165, 1.54) is 11.8 Å². The van der Waals surface area contributed by atoms with Crippen molar-refractivity contribution in [2.45, 2.75) is 38.1 Å². The number of hydrogen-bond acceptors (Lipinski definition) is 3. The van der Waals surface area contributed by atoms with E-state index in [0.717, 1.165) is 32.1 Å². The first-order valence-corrected chi connectivity index (χ1v) is 9.18. The van der Waals surface area contributed by atoms with Crippen molar-refractivity contribution in [2.24, 2.45) is 5.41 Å². The lowest BCUT2D eigenvalue weighted by molar-refractivity contribution is -0.138. The molecule has 1 aliphatic carbocycles. The molecular formula is C20H23N3O3. The normalized spacial score (nSPS) is 19.3. The summed E-state index contributed by atoms with van der Waals surface area (Å²) in [5.74, 6) is -0.674. The van der Waals surface area contributed by atoms with E-state index >= 15 is 0 Å². The van der Waals surface area contributed by atoms with Crippen molar-refractivity contribution in [3.05, 3.63) is 53.9 Å². The van der Waals surface area contributed by atoms with Gasteiger partial charge in [0.25, 0.3) is 0 Å².